The van der Waals surface area contributed by atoms with E-state index in [1.807, 2.05) is 6.20 Å². The van der Waals surface area contributed by atoms with Crippen molar-refractivity contribution in [1.82, 2.24) is 29.1 Å². The Labute approximate surface area is 157 Å². The maximum absolute atomic E-state index is 12.7. The second-order valence-corrected chi connectivity index (χ2v) is 7.18. The number of aryl methyl sites for hydroxylation is 1. The summed E-state index contributed by atoms with van der Waals surface area (Å²) in [7, 11) is 4.10. The summed E-state index contributed by atoms with van der Waals surface area (Å²) in [5.74, 6) is 0.837. The van der Waals surface area contributed by atoms with Crippen LogP contribution in [0.4, 0.5) is 8.78 Å². The summed E-state index contributed by atoms with van der Waals surface area (Å²) in [5.41, 5.74) is 0.0604. The summed E-state index contributed by atoms with van der Waals surface area (Å²) in [6, 6.07) is 1.35. The molecule has 1 saturated heterocycles. The molecule has 7 nitrogen and oxygen atoms in total. The van der Waals surface area contributed by atoms with Crippen molar-refractivity contribution in [2.45, 2.75) is 38.3 Å². The van der Waals surface area contributed by atoms with E-state index in [0.29, 0.717) is 17.8 Å². The molecule has 0 aliphatic carbocycles. The largest absolute Gasteiger partial charge is 0.337 e. The zero-order chi connectivity index (χ0) is 19.4. The average molecular weight is 380 g/mol. The van der Waals surface area contributed by atoms with E-state index in [4.69, 9.17) is 0 Å². The third kappa shape index (κ3) is 4.71. The predicted molar refractivity (Wildman–Crippen MR) is 96.8 cm³/mol. The molecule has 0 radical (unpaired) electrons. The number of amides is 1. The second kappa shape index (κ2) is 8.60. The number of aromatic nitrogens is 4. The Balaban J connectivity index is 1.65. The fourth-order valence-corrected chi connectivity index (χ4v) is 3.52. The van der Waals surface area contributed by atoms with Crippen molar-refractivity contribution in [2.75, 3.05) is 33.7 Å². The molecule has 148 valence electrons. The van der Waals surface area contributed by atoms with Crippen LogP contribution in [0.1, 0.15) is 48.0 Å². The maximum atomic E-state index is 12.7. The van der Waals surface area contributed by atoms with Crippen LogP contribution in [0.5, 0.6) is 0 Å². The molecule has 0 N–H and O–H groups in total. The predicted octanol–water partition coefficient (Wildman–Crippen LogP) is 2.45. The van der Waals surface area contributed by atoms with Gasteiger partial charge in [0.05, 0.1) is 0 Å². The molecule has 1 amide bonds. The van der Waals surface area contributed by atoms with Crippen molar-refractivity contribution in [3.05, 3.63) is 36.2 Å². The van der Waals surface area contributed by atoms with E-state index in [-0.39, 0.29) is 17.5 Å². The standard InChI is InChI=1S/C18H26F2N6O/c1-23(2)8-4-10-24-12-7-21-16(24)14-5-3-9-25(13-14)17(27)15-6-11-26(22-15)18(19)20/h6-7,11-12,14,18H,3-5,8-10,13H2,1-2H3. The summed E-state index contributed by atoms with van der Waals surface area (Å²) >= 11 is 0. The number of carbonyl (C=O) groups is 1. The van der Waals surface area contributed by atoms with E-state index >= 15 is 0 Å². The van der Waals surface area contributed by atoms with Gasteiger partial charge < -0.3 is 14.4 Å². The molecular formula is C18H26F2N6O. The van der Waals surface area contributed by atoms with Crippen LogP contribution in [0.2, 0.25) is 0 Å². The summed E-state index contributed by atoms with van der Waals surface area (Å²) in [6.07, 6.45) is 7.76. The molecule has 0 bridgehead atoms. The van der Waals surface area contributed by atoms with Crippen LogP contribution in [0.15, 0.2) is 24.7 Å². The lowest BCUT2D eigenvalue weighted by Crippen LogP contribution is -2.40. The first-order chi connectivity index (χ1) is 13.0. The van der Waals surface area contributed by atoms with Crippen molar-refractivity contribution >= 4 is 5.91 Å². The molecule has 1 aliphatic rings. The fraction of sp³-hybridized carbons (Fsp3) is 0.611. The third-order valence-corrected chi connectivity index (χ3v) is 4.85. The summed E-state index contributed by atoms with van der Waals surface area (Å²) in [4.78, 5) is 21.0. The Bertz CT molecular complexity index is 757. The lowest BCUT2D eigenvalue weighted by Gasteiger charge is -2.32. The Kier molecular flexibility index (Phi) is 6.20. The normalized spacial score (nSPS) is 17.9. The molecule has 9 heteroatoms. The molecule has 1 unspecified atom stereocenters. The molecule has 0 saturated carbocycles. The molecule has 3 rings (SSSR count). The molecule has 2 aromatic rings. The summed E-state index contributed by atoms with van der Waals surface area (Å²) < 4.78 is 28.0. The highest BCUT2D eigenvalue weighted by atomic mass is 19.3. The molecule has 1 fully saturated rings. The van der Waals surface area contributed by atoms with Gasteiger partial charge in [-0.05, 0) is 46.0 Å². The van der Waals surface area contributed by atoms with Gasteiger partial charge in [-0.25, -0.2) is 9.67 Å². The molecule has 1 aliphatic heterocycles. The Morgan fingerprint density at radius 2 is 2.19 bits per heavy atom. The first-order valence-corrected chi connectivity index (χ1v) is 9.24. The highest BCUT2D eigenvalue weighted by Crippen LogP contribution is 2.27. The molecular weight excluding hydrogens is 354 g/mol. The van der Waals surface area contributed by atoms with Gasteiger partial charge in [-0.2, -0.15) is 13.9 Å². The molecule has 3 heterocycles. The van der Waals surface area contributed by atoms with Gasteiger partial charge in [0, 0.05) is 44.1 Å². The van der Waals surface area contributed by atoms with Gasteiger partial charge in [-0.3, -0.25) is 4.79 Å². The monoisotopic (exact) mass is 380 g/mol. The number of nitrogens with zero attached hydrogens (tertiary/aromatic N) is 6. The highest BCUT2D eigenvalue weighted by molar-refractivity contribution is 5.92. The number of alkyl halides is 2. The van der Waals surface area contributed by atoms with Crippen molar-refractivity contribution in [2.24, 2.45) is 0 Å². The van der Waals surface area contributed by atoms with Gasteiger partial charge >= 0.3 is 6.55 Å². The molecule has 27 heavy (non-hydrogen) atoms. The third-order valence-electron chi connectivity index (χ3n) is 4.85. The van der Waals surface area contributed by atoms with Crippen molar-refractivity contribution in [3.63, 3.8) is 0 Å². The lowest BCUT2D eigenvalue weighted by molar-refractivity contribution is 0.0546. The Morgan fingerprint density at radius 1 is 1.37 bits per heavy atom. The van der Waals surface area contributed by atoms with Crippen LogP contribution in [0, 0.1) is 0 Å². The summed E-state index contributed by atoms with van der Waals surface area (Å²) in [6.45, 7) is 0.287. The van der Waals surface area contributed by atoms with E-state index in [2.05, 4.69) is 33.6 Å². The van der Waals surface area contributed by atoms with Gasteiger partial charge in [0.1, 0.15) is 5.82 Å². The Morgan fingerprint density at radius 3 is 2.89 bits per heavy atom. The van der Waals surface area contributed by atoms with Gasteiger partial charge in [-0.15, -0.1) is 0 Å². The van der Waals surface area contributed by atoms with E-state index in [9.17, 15) is 13.6 Å². The van der Waals surface area contributed by atoms with Crippen molar-refractivity contribution in [3.8, 4) is 0 Å². The number of hydrogen-bond donors (Lipinski definition) is 0. The summed E-state index contributed by atoms with van der Waals surface area (Å²) in [5, 5.41) is 3.70. The van der Waals surface area contributed by atoms with Gasteiger partial charge in [0.2, 0.25) is 0 Å². The number of imidazole rings is 1. The van der Waals surface area contributed by atoms with Crippen LogP contribution in [-0.4, -0.2) is 68.8 Å². The highest BCUT2D eigenvalue weighted by Gasteiger charge is 2.29. The van der Waals surface area contributed by atoms with Crippen molar-refractivity contribution < 1.29 is 13.6 Å². The zero-order valence-electron chi connectivity index (χ0n) is 15.8. The number of likely N-dealkylation sites (tertiary alicyclic amines) is 1. The minimum atomic E-state index is -2.74. The van der Waals surface area contributed by atoms with E-state index in [0.717, 1.165) is 44.4 Å². The number of carbonyl (C=O) groups excluding carboxylic acids is 1. The quantitative estimate of drug-likeness (QED) is 0.740. The molecule has 0 spiro atoms. The van der Waals surface area contributed by atoms with Crippen molar-refractivity contribution in [1.29, 1.82) is 0 Å². The van der Waals surface area contributed by atoms with Crippen LogP contribution in [0.3, 0.4) is 0 Å². The van der Waals surface area contributed by atoms with Gasteiger partial charge in [0.15, 0.2) is 5.69 Å². The maximum Gasteiger partial charge on any atom is 0.333 e. The number of piperidine rings is 1. The molecule has 2 aromatic heterocycles. The van der Waals surface area contributed by atoms with E-state index in [1.165, 1.54) is 6.07 Å². The number of hydrogen-bond acceptors (Lipinski definition) is 4. The van der Waals surface area contributed by atoms with Crippen LogP contribution < -0.4 is 0 Å². The second-order valence-electron chi connectivity index (χ2n) is 7.18. The van der Waals surface area contributed by atoms with Gasteiger partial charge in [-0.1, -0.05) is 0 Å². The average Bonchev–Trinajstić information content (AvgIpc) is 3.30. The van der Waals surface area contributed by atoms with Gasteiger partial charge in [0.25, 0.3) is 5.91 Å². The minimum absolute atomic E-state index is 0.0604. The first-order valence-electron chi connectivity index (χ1n) is 9.24. The van der Waals surface area contributed by atoms with Crippen LogP contribution in [0.25, 0.3) is 0 Å². The van der Waals surface area contributed by atoms with Crippen LogP contribution >= 0.6 is 0 Å². The smallest absolute Gasteiger partial charge is 0.333 e. The topological polar surface area (TPSA) is 59.2 Å². The number of rotatable bonds is 7. The first kappa shape index (κ1) is 19.5. The fourth-order valence-electron chi connectivity index (χ4n) is 3.52. The zero-order valence-corrected chi connectivity index (χ0v) is 15.8. The Hall–Kier alpha value is -2.29. The number of halogens is 2. The van der Waals surface area contributed by atoms with E-state index in [1.54, 1.807) is 11.1 Å². The van der Waals surface area contributed by atoms with Crippen LogP contribution in [-0.2, 0) is 6.54 Å². The van der Waals surface area contributed by atoms with E-state index < -0.39 is 6.55 Å². The molecule has 0 aromatic carbocycles. The SMILES string of the molecule is CN(C)CCCn1ccnc1C1CCCN(C(=O)c2ccn(C(F)F)n2)C1. The lowest BCUT2D eigenvalue weighted by atomic mass is 9.96. The molecule has 1 atom stereocenters. The minimum Gasteiger partial charge on any atom is -0.337 e.